The van der Waals surface area contributed by atoms with Gasteiger partial charge < -0.3 is 9.47 Å². The third-order valence-corrected chi connectivity index (χ3v) is 3.72. The number of rotatable bonds is 3. The van der Waals surface area contributed by atoms with Crippen LogP contribution in [0.3, 0.4) is 0 Å². The van der Waals surface area contributed by atoms with Crippen molar-refractivity contribution in [1.29, 1.82) is 0 Å². The third kappa shape index (κ3) is 2.43. The van der Waals surface area contributed by atoms with Gasteiger partial charge in [-0.3, -0.25) is 4.68 Å². The van der Waals surface area contributed by atoms with E-state index in [9.17, 15) is 0 Å². The predicted octanol–water partition coefficient (Wildman–Crippen LogP) is 3.22. The van der Waals surface area contributed by atoms with Crippen LogP contribution in [0.25, 0.3) is 11.3 Å². The Morgan fingerprint density at radius 1 is 1.35 bits per heavy atom. The fourth-order valence-corrected chi connectivity index (χ4v) is 2.77. The summed E-state index contributed by atoms with van der Waals surface area (Å²) in [5, 5.41) is 4.67. The van der Waals surface area contributed by atoms with Gasteiger partial charge in [-0.15, -0.1) is 0 Å². The van der Waals surface area contributed by atoms with Crippen LogP contribution in [0, 0.1) is 6.92 Å². The molecular weight excluding hydrogens is 252 g/mol. The average molecular weight is 272 g/mol. The van der Waals surface area contributed by atoms with Gasteiger partial charge in [0, 0.05) is 12.2 Å². The van der Waals surface area contributed by atoms with Crippen molar-refractivity contribution in [3.05, 3.63) is 36.0 Å². The molecular formula is C16H20N2O2. The van der Waals surface area contributed by atoms with Crippen LogP contribution in [0.15, 0.2) is 30.3 Å². The molecule has 20 heavy (non-hydrogen) atoms. The van der Waals surface area contributed by atoms with E-state index in [-0.39, 0.29) is 0 Å². The zero-order valence-corrected chi connectivity index (χ0v) is 12.0. The topological polar surface area (TPSA) is 36.3 Å². The highest BCUT2D eigenvalue weighted by atomic mass is 16.5. The zero-order chi connectivity index (χ0) is 13.9. The maximum absolute atomic E-state index is 5.60. The molecule has 1 aliphatic rings. The van der Waals surface area contributed by atoms with Gasteiger partial charge in [-0.2, -0.15) is 5.10 Å². The summed E-state index contributed by atoms with van der Waals surface area (Å²) in [6, 6.07) is 10.5. The van der Waals surface area contributed by atoms with Crippen LogP contribution in [-0.2, 0) is 4.74 Å². The first-order chi connectivity index (χ1) is 9.79. The molecule has 1 aromatic heterocycles. The van der Waals surface area contributed by atoms with Gasteiger partial charge in [0.25, 0.3) is 0 Å². The first kappa shape index (κ1) is 13.2. The summed E-state index contributed by atoms with van der Waals surface area (Å²) in [4.78, 5) is 0. The van der Waals surface area contributed by atoms with E-state index in [0.29, 0.717) is 6.04 Å². The number of nitrogens with zero attached hydrogens (tertiary/aromatic N) is 2. The van der Waals surface area contributed by atoms with Crippen molar-refractivity contribution in [2.75, 3.05) is 20.3 Å². The van der Waals surface area contributed by atoms with E-state index in [4.69, 9.17) is 9.47 Å². The molecule has 106 valence electrons. The zero-order valence-electron chi connectivity index (χ0n) is 12.0. The Kier molecular flexibility index (Phi) is 3.74. The van der Waals surface area contributed by atoms with E-state index >= 15 is 0 Å². The number of aryl methyl sites for hydroxylation is 1. The minimum absolute atomic E-state index is 0.317. The quantitative estimate of drug-likeness (QED) is 0.860. The summed E-state index contributed by atoms with van der Waals surface area (Å²) >= 11 is 0. The molecule has 2 heterocycles. The summed E-state index contributed by atoms with van der Waals surface area (Å²) in [5.74, 6) is 0.880. The molecule has 0 bridgehead atoms. The molecule has 4 nitrogen and oxygen atoms in total. The van der Waals surface area contributed by atoms with Gasteiger partial charge in [0.2, 0.25) is 0 Å². The molecule has 1 aromatic carbocycles. The van der Waals surface area contributed by atoms with Crippen LogP contribution in [0.4, 0.5) is 0 Å². The number of hydrogen-bond acceptors (Lipinski definition) is 3. The lowest BCUT2D eigenvalue weighted by atomic mass is 10.1. The summed E-state index contributed by atoms with van der Waals surface area (Å²) in [7, 11) is 1.70. The second kappa shape index (κ2) is 5.67. The molecule has 3 rings (SSSR count). The maximum Gasteiger partial charge on any atom is 0.128 e. The van der Waals surface area contributed by atoms with E-state index in [2.05, 4.69) is 21.9 Å². The van der Waals surface area contributed by atoms with Crippen LogP contribution in [-0.4, -0.2) is 30.1 Å². The molecule has 4 heteroatoms. The van der Waals surface area contributed by atoms with Crippen LogP contribution in [0.1, 0.15) is 24.6 Å². The van der Waals surface area contributed by atoms with Gasteiger partial charge in [0.05, 0.1) is 31.1 Å². The number of ether oxygens (including phenoxy) is 2. The number of hydrogen-bond donors (Lipinski definition) is 0. The second-order valence-electron chi connectivity index (χ2n) is 5.19. The Labute approximate surface area is 119 Å². The van der Waals surface area contributed by atoms with E-state index in [0.717, 1.165) is 48.8 Å². The third-order valence-electron chi connectivity index (χ3n) is 3.72. The van der Waals surface area contributed by atoms with Gasteiger partial charge in [-0.25, -0.2) is 0 Å². The lowest BCUT2D eigenvalue weighted by Gasteiger charge is -2.24. The Morgan fingerprint density at radius 2 is 2.20 bits per heavy atom. The molecule has 1 fully saturated rings. The fourth-order valence-electron chi connectivity index (χ4n) is 2.77. The molecule has 0 spiro atoms. The van der Waals surface area contributed by atoms with E-state index < -0.39 is 0 Å². The smallest absolute Gasteiger partial charge is 0.128 e. The van der Waals surface area contributed by atoms with Crippen molar-refractivity contribution < 1.29 is 9.47 Å². The van der Waals surface area contributed by atoms with Crippen LogP contribution < -0.4 is 4.74 Å². The molecule has 0 saturated carbocycles. The first-order valence-corrected chi connectivity index (χ1v) is 7.07. The van der Waals surface area contributed by atoms with Gasteiger partial charge in [-0.1, -0.05) is 12.1 Å². The van der Waals surface area contributed by atoms with Crippen molar-refractivity contribution in [3.8, 4) is 17.0 Å². The van der Waals surface area contributed by atoms with Crippen molar-refractivity contribution in [2.45, 2.75) is 25.8 Å². The summed E-state index contributed by atoms with van der Waals surface area (Å²) in [6.07, 6.45) is 2.21. The normalized spacial score (nSPS) is 19.0. The molecule has 2 aromatic rings. The van der Waals surface area contributed by atoms with Crippen molar-refractivity contribution in [3.63, 3.8) is 0 Å². The number of aromatic nitrogens is 2. The molecule has 1 atom stereocenters. The SMILES string of the molecule is COc1ccccc1-c1cc(C)nn1C1CCCOC1. The van der Waals surface area contributed by atoms with Crippen LogP contribution in [0.5, 0.6) is 5.75 Å². The number of methoxy groups -OCH3 is 1. The highest BCUT2D eigenvalue weighted by Gasteiger charge is 2.21. The van der Waals surface area contributed by atoms with E-state index in [1.807, 2.05) is 25.1 Å². The Morgan fingerprint density at radius 3 is 2.95 bits per heavy atom. The van der Waals surface area contributed by atoms with Gasteiger partial charge in [0.15, 0.2) is 0 Å². The highest BCUT2D eigenvalue weighted by Crippen LogP contribution is 2.33. The van der Waals surface area contributed by atoms with Crippen LogP contribution in [0.2, 0.25) is 0 Å². The minimum atomic E-state index is 0.317. The van der Waals surface area contributed by atoms with E-state index in [1.165, 1.54) is 0 Å². The summed E-state index contributed by atoms with van der Waals surface area (Å²) in [5.41, 5.74) is 3.22. The fraction of sp³-hybridized carbons (Fsp3) is 0.438. The molecule has 0 N–H and O–H groups in total. The monoisotopic (exact) mass is 272 g/mol. The first-order valence-electron chi connectivity index (χ1n) is 7.07. The van der Waals surface area contributed by atoms with Crippen LogP contribution >= 0.6 is 0 Å². The molecule has 1 saturated heterocycles. The minimum Gasteiger partial charge on any atom is -0.496 e. The standard InChI is InChI=1S/C16H20N2O2/c1-12-10-15(14-7-3-4-8-16(14)19-2)18(17-12)13-6-5-9-20-11-13/h3-4,7-8,10,13H,5-6,9,11H2,1-2H3. The van der Waals surface area contributed by atoms with E-state index in [1.54, 1.807) is 7.11 Å². The predicted molar refractivity (Wildman–Crippen MR) is 78.0 cm³/mol. The lowest BCUT2D eigenvalue weighted by Crippen LogP contribution is -2.22. The molecule has 0 radical (unpaired) electrons. The van der Waals surface area contributed by atoms with Crippen molar-refractivity contribution in [1.82, 2.24) is 9.78 Å². The Balaban J connectivity index is 2.04. The second-order valence-corrected chi connectivity index (χ2v) is 5.19. The Hall–Kier alpha value is -1.81. The lowest BCUT2D eigenvalue weighted by molar-refractivity contribution is 0.0554. The molecule has 1 aliphatic heterocycles. The van der Waals surface area contributed by atoms with Crippen molar-refractivity contribution >= 4 is 0 Å². The average Bonchev–Trinajstić information content (AvgIpc) is 2.90. The largest absolute Gasteiger partial charge is 0.496 e. The maximum atomic E-state index is 5.60. The van der Waals surface area contributed by atoms with Gasteiger partial charge in [0.1, 0.15) is 5.75 Å². The van der Waals surface area contributed by atoms with Gasteiger partial charge in [-0.05, 0) is 38.0 Å². The number of para-hydroxylation sites is 1. The summed E-state index contributed by atoms with van der Waals surface area (Å²) in [6.45, 7) is 3.63. The molecule has 0 aliphatic carbocycles. The van der Waals surface area contributed by atoms with Crippen molar-refractivity contribution in [2.24, 2.45) is 0 Å². The van der Waals surface area contributed by atoms with Gasteiger partial charge >= 0.3 is 0 Å². The molecule has 1 unspecified atom stereocenters. The highest BCUT2D eigenvalue weighted by molar-refractivity contribution is 5.67. The Bertz CT molecular complexity index is 586. The number of benzene rings is 1. The molecule has 0 amide bonds. The summed E-state index contributed by atoms with van der Waals surface area (Å²) < 4.78 is 13.2.